The summed E-state index contributed by atoms with van der Waals surface area (Å²) in [6.45, 7) is 6.82. The highest BCUT2D eigenvalue weighted by atomic mass is 16.2. The molecule has 0 saturated heterocycles. The molecule has 1 fully saturated rings. The van der Waals surface area contributed by atoms with Gasteiger partial charge >= 0.3 is 0 Å². The van der Waals surface area contributed by atoms with E-state index in [1.165, 1.54) is 0 Å². The highest BCUT2D eigenvalue weighted by Gasteiger charge is 2.40. The molecule has 0 atom stereocenters. The van der Waals surface area contributed by atoms with Crippen molar-refractivity contribution in [1.29, 1.82) is 0 Å². The summed E-state index contributed by atoms with van der Waals surface area (Å²) in [5.74, 6) is -0.310. The van der Waals surface area contributed by atoms with Crippen LogP contribution in [0.1, 0.15) is 82.1 Å². The van der Waals surface area contributed by atoms with Crippen LogP contribution in [0.25, 0.3) is 11.0 Å². The Kier molecular flexibility index (Phi) is 6.31. The number of nitrogens with one attached hydrogen (secondary N) is 2. The van der Waals surface area contributed by atoms with Gasteiger partial charge in [0.1, 0.15) is 5.54 Å². The van der Waals surface area contributed by atoms with Crippen molar-refractivity contribution in [3.8, 4) is 0 Å². The van der Waals surface area contributed by atoms with Crippen molar-refractivity contribution < 1.29 is 9.59 Å². The van der Waals surface area contributed by atoms with Crippen LogP contribution < -0.4 is 10.6 Å². The van der Waals surface area contributed by atoms with Crippen molar-refractivity contribution >= 4 is 22.8 Å². The van der Waals surface area contributed by atoms with Crippen LogP contribution in [0, 0.1) is 0 Å². The minimum absolute atomic E-state index is 0.0596. The van der Waals surface area contributed by atoms with E-state index in [-0.39, 0.29) is 17.9 Å². The molecule has 1 aliphatic carbocycles. The molecular formula is C21H31N5O2. The number of aromatic nitrogens is 3. The first-order chi connectivity index (χ1) is 13.5. The summed E-state index contributed by atoms with van der Waals surface area (Å²) in [6.07, 6.45) is 9.61. The van der Waals surface area contributed by atoms with E-state index in [1.807, 2.05) is 18.5 Å². The Morgan fingerprint density at radius 1 is 1.21 bits per heavy atom. The van der Waals surface area contributed by atoms with Crippen LogP contribution in [0.4, 0.5) is 0 Å². The number of unbranched alkanes of at least 4 members (excludes halogenated alkanes) is 1. The van der Waals surface area contributed by atoms with E-state index in [1.54, 1.807) is 18.5 Å². The fourth-order valence-corrected chi connectivity index (χ4v) is 3.84. The van der Waals surface area contributed by atoms with Gasteiger partial charge in [0.15, 0.2) is 5.65 Å². The first kappa shape index (κ1) is 20.3. The van der Waals surface area contributed by atoms with E-state index in [4.69, 9.17) is 0 Å². The van der Waals surface area contributed by atoms with Gasteiger partial charge in [-0.05, 0) is 39.2 Å². The first-order valence-electron chi connectivity index (χ1n) is 10.4. The maximum absolute atomic E-state index is 13.0. The van der Waals surface area contributed by atoms with E-state index in [2.05, 4.69) is 27.6 Å². The van der Waals surface area contributed by atoms with Crippen LogP contribution >= 0.6 is 0 Å². The molecule has 2 aromatic rings. The fraction of sp³-hybridized carbons (Fsp3) is 0.619. The van der Waals surface area contributed by atoms with Gasteiger partial charge < -0.3 is 10.6 Å². The van der Waals surface area contributed by atoms with Crippen molar-refractivity contribution in [2.45, 2.75) is 77.3 Å². The van der Waals surface area contributed by atoms with Crippen molar-refractivity contribution in [3.63, 3.8) is 0 Å². The number of pyridine rings is 1. The van der Waals surface area contributed by atoms with Crippen LogP contribution in [0.3, 0.4) is 0 Å². The SMILES string of the molecule is CCCCNC(=O)C1(NC(=O)c2cnc3c(cnn3C(C)C)c2)CCCCC1. The summed E-state index contributed by atoms with van der Waals surface area (Å²) < 4.78 is 1.83. The molecule has 7 heteroatoms. The highest BCUT2D eigenvalue weighted by molar-refractivity contribution is 6.00. The second kappa shape index (κ2) is 8.71. The molecule has 28 heavy (non-hydrogen) atoms. The molecule has 1 aliphatic rings. The largest absolute Gasteiger partial charge is 0.354 e. The van der Waals surface area contributed by atoms with Gasteiger partial charge in [-0.3, -0.25) is 9.59 Å². The van der Waals surface area contributed by atoms with Crippen LogP contribution in [-0.2, 0) is 4.79 Å². The van der Waals surface area contributed by atoms with E-state index in [9.17, 15) is 9.59 Å². The molecule has 0 aliphatic heterocycles. The molecule has 152 valence electrons. The zero-order valence-electron chi connectivity index (χ0n) is 17.1. The zero-order chi connectivity index (χ0) is 20.1. The summed E-state index contributed by atoms with van der Waals surface area (Å²) in [7, 11) is 0. The highest BCUT2D eigenvalue weighted by Crippen LogP contribution is 2.29. The predicted octanol–water partition coefficient (Wildman–Crippen LogP) is 3.36. The van der Waals surface area contributed by atoms with Crippen molar-refractivity contribution in [3.05, 3.63) is 24.0 Å². The van der Waals surface area contributed by atoms with Crippen molar-refractivity contribution in [1.82, 2.24) is 25.4 Å². The third-order valence-corrected chi connectivity index (χ3v) is 5.50. The second-order valence-electron chi connectivity index (χ2n) is 8.03. The normalized spacial score (nSPS) is 16.3. The van der Waals surface area contributed by atoms with Crippen LogP contribution in [0.15, 0.2) is 18.5 Å². The smallest absolute Gasteiger partial charge is 0.253 e. The Morgan fingerprint density at radius 2 is 1.96 bits per heavy atom. The maximum Gasteiger partial charge on any atom is 0.253 e. The number of fused-ring (bicyclic) bond motifs is 1. The molecule has 2 N–H and O–H groups in total. The average molecular weight is 386 g/mol. The maximum atomic E-state index is 13.0. The predicted molar refractivity (Wildman–Crippen MR) is 109 cm³/mol. The number of rotatable bonds is 7. The van der Waals surface area contributed by atoms with E-state index >= 15 is 0 Å². The molecule has 0 spiro atoms. The van der Waals surface area contributed by atoms with Gasteiger partial charge in [-0.25, -0.2) is 9.67 Å². The molecule has 7 nitrogen and oxygen atoms in total. The lowest BCUT2D eigenvalue weighted by atomic mass is 9.80. The third-order valence-electron chi connectivity index (χ3n) is 5.50. The van der Waals surface area contributed by atoms with Gasteiger partial charge in [0.2, 0.25) is 5.91 Å². The third kappa shape index (κ3) is 4.18. The molecule has 0 bridgehead atoms. The second-order valence-corrected chi connectivity index (χ2v) is 8.03. The van der Waals surface area contributed by atoms with Crippen LogP contribution in [0.5, 0.6) is 0 Å². The number of hydrogen-bond donors (Lipinski definition) is 2. The number of hydrogen-bond acceptors (Lipinski definition) is 4. The van der Waals surface area contributed by atoms with Gasteiger partial charge in [0.25, 0.3) is 5.91 Å². The summed E-state index contributed by atoms with van der Waals surface area (Å²) >= 11 is 0. The quantitative estimate of drug-likeness (QED) is 0.715. The van der Waals surface area contributed by atoms with Crippen LogP contribution in [0.2, 0.25) is 0 Å². The molecule has 2 heterocycles. The van der Waals surface area contributed by atoms with Gasteiger partial charge in [0, 0.05) is 24.2 Å². The van der Waals surface area contributed by atoms with Gasteiger partial charge in [-0.15, -0.1) is 0 Å². The van der Waals surface area contributed by atoms with Crippen LogP contribution in [-0.4, -0.2) is 38.7 Å². The minimum Gasteiger partial charge on any atom is -0.354 e. The zero-order valence-corrected chi connectivity index (χ0v) is 17.1. The Hall–Kier alpha value is -2.44. The Balaban J connectivity index is 1.79. The molecule has 2 amide bonds. The molecule has 0 unspecified atom stereocenters. The van der Waals surface area contributed by atoms with Crippen molar-refractivity contribution in [2.24, 2.45) is 0 Å². The van der Waals surface area contributed by atoms with E-state index in [0.29, 0.717) is 24.9 Å². The Morgan fingerprint density at radius 3 is 2.64 bits per heavy atom. The topological polar surface area (TPSA) is 88.9 Å². The van der Waals surface area contributed by atoms with Gasteiger partial charge in [-0.2, -0.15) is 5.10 Å². The fourth-order valence-electron chi connectivity index (χ4n) is 3.84. The molecular weight excluding hydrogens is 354 g/mol. The standard InChI is InChI=1S/C21H31N5O2/c1-4-5-11-22-20(28)21(9-7-6-8-10-21)25-19(27)17-12-16-14-24-26(15(2)3)18(16)23-13-17/h12-15H,4-11H2,1-3H3,(H,22,28)(H,25,27). The lowest BCUT2D eigenvalue weighted by Gasteiger charge is -2.36. The van der Waals surface area contributed by atoms with Gasteiger partial charge in [0.05, 0.1) is 11.8 Å². The van der Waals surface area contributed by atoms with E-state index < -0.39 is 5.54 Å². The van der Waals surface area contributed by atoms with Crippen molar-refractivity contribution in [2.75, 3.05) is 6.54 Å². The molecule has 2 aromatic heterocycles. The number of carbonyl (C=O) groups is 2. The molecule has 1 saturated carbocycles. The molecule has 0 aromatic carbocycles. The Bertz CT molecular complexity index is 836. The molecule has 0 radical (unpaired) electrons. The number of nitrogens with zero attached hydrogens (tertiary/aromatic N) is 3. The monoisotopic (exact) mass is 385 g/mol. The van der Waals surface area contributed by atoms with E-state index in [0.717, 1.165) is 43.1 Å². The average Bonchev–Trinajstić information content (AvgIpc) is 3.12. The lowest BCUT2D eigenvalue weighted by Crippen LogP contribution is -2.59. The lowest BCUT2D eigenvalue weighted by molar-refractivity contribution is -0.128. The summed E-state index contributed by atoms with van der Waals surface area (Å²) in [4.78, 5) is 30.3. The summed E-state index contributed by atoms with van der Waals surface area (Å²) in [5.41, 5.74) is 0.401. The number of carbonyl (C=O) groups excluding carboxylic acids is 2. The van der Waals surface area contributed by atoms with Gasteiger partial charge in [-0.1, -0.05) is 32.6 Å². The minimum atomic E-state index is -0.819. The summed E-state index contributed by atoms with van der Waals surface area (Å²) in [5, 5.41) is 11.2. The summed E-state index contributed by atoms with van der Waals surface area (Å²) in [6, 6.07) is 2.00. The molecule has 3 rings (SSSR count). The number of amides is 2. The first-order valence-corrected chi connectivity index (χ1v) is 10.4. The Labute approximate surface area is 166 Å².